The smallest absolute Gasteiger partial charge is 0.192 e. The van der Waals surface area contributed by atoms with Crippen molar-refractivity contribution in [1.29, 1.82) is 0 Å². The standard InChI is InChI=1S/C31H32N6/c1-21-20-30(36(26-10-2-22(32)3-11-26)27-12-4-23(33)5-13-27)18-19-31(21)37(28-14-6-24(34)7-15-28)29-16-8-25(35)9-17-29/h2-19,21H,20,32-35H2,1H3/q+1. The lowest BCUT2D eigenvalue weighted by molar-refractivity contribution is 0.599. The van der Waals surface area contributed by atoms with E-state index >= 15 is 0 Å². The summed E-state index contributed by atoms with van der Waals surface area (Å²) >= 11 is 0. The minimum Gasteiger partial charge on any atom is -0.399 e. The van der Waals surface area contributed by atoms with Crippen LogP contribution in [0.15, 0.2) is 121 Å². The molecule has 4 aromatic carbocycles. The molecule has 0 bridgehead atoms. The highest BCUT2D eigenvalue weighted by molar-refractivity contribution is 5.72. The molecule has 1 aliphatic carbocycles. The van der Waals surface area contributed by atoms with Crippen LogP contribution in [-0.2, 0) is 0 Å². The third kappa shape index (κ3) is 5.15. The van der Waals surface area contributed by atoms with Crippen molar-refractivity contribution in [3.05, 3.63) is 121 Å². The van der Waals surface area contributed by atoms with Crippen molar-refractivity contribution in [2.45, 2.75) is 13.3 Å². The Bertz CT molecular complexity index is 1330. The summed E-state index contributed by atoms with van der Waals surface area (Å²) in [4.78, 5) is 4.53. The van der Waals surface area contributed by atoms with E-state index in [4.69, 9.17) is 22.9 Å². The Hall–Kier alpha value is -4.68. The second-order valence-electron chi connectivity index (χ2n) is 9.39. The van der Waals surface area contributed by atoms with Gasteiger partial charge < -0.3 is 27.8 Å². The number of nitrogen functional groups attached to an aromatic ring is 4. The van der Waals surface area contributed by atoms with Gasteiger partial charge in [-0.2, -0.15) is 0 Å². The number of nitrogens with zero attached hydrogens (tertiary/aromatic N) is 2. The van der Waals surface area contributed by atoms with Crippen LogP contribution < -0.4 is 32.7 Å². The van der Waals surface area contributed by atoms with Crippen molar-refractivity contribution in [2.75, 3.05) is 27.8 Å². The molecule has 4 aromatic rings. The number of nitrogens with two attached hydrogens (primary N) is 4. The van der Waals surface area contributed by atoms with E-state index in [1.807, 2.05) is 97.1 Å². The molecule has 37 heavy (non-hydrogen) atoms. The molecule has 0 fully saturated rings. The molecule has 0 amide bonds. The van der Waals surface area contributed by atoms with Gasteiger partial charge in [-0.3, -0.25) is 0 Å². The highest BCUT2D eigenvalue weighted by atomic mass is 15.2. The van der Waals surface area contributed by atoms with Crippen LogP contribution in [0.3, 0.4) is 0 Å². The maximum atomic E-state index is 5.99. The average Bonchev–Trinajstić information content (AvgIpc) is 2.90. The van der Waals surface area contributed by atoms with Crippen LogP contribution in [0.25, 0.3) is 0 Å². The van der Waals surface area contributed by atoms with Crippen molar-refractivity contribution in [3.8, 4) is 0 Å². The minimum absolute atomic E-state index is 0.222. The summed E-state index contributed by atoms with van der Waals surface area (Å²) in [6.45, 7) is 2.25. The molecule has 185 valence electrons. The molecule has 0 aliphatic heterocycles. The van der Waals surface area contributed by atoms with E-state index in [-0.39, 0.29) is 5.92 Å². The zero-order valence-corrected chi connectivity index (χ0v) is 20.9. The molecule has 1 atom stereocenters. The van der Waals surface area contributed by atoms with Gasteiger partial charge in [-0.25, -0.2) is 0 Å². The predicted octanol–water partition coefficient (Wildman–Crippen LogP) is 6.76. The van der Waals surface area contributed by atoms with E-state index in [0.29, 0.717) is 0 Å². The number of hydrogen-bond donors (Lipinski definition) is 4. The Labute approximate surface area is 218 Å². The quantitative estimate of drug-likeness (QED) is 0.177. The summed E-state index contributed by atoms with van der Waals surface area (Å²) in [7, 11) is 0. The van der Waals surface area contributed by atoms with Crippen LogP contribution in [0.4, 0.5) is 45.5 Å². The van der Waals surface area contributed by atoms with Gasteiger partial charge in [0.25, 0.3) is 0 Å². The SMILES string of the molecule is CC1CC([N+](c2ccc(N)cc2)c2ccc(N)cc2)=CC=C1N(c1ccc(N)cc1)c1ccc(N)cc1. The minimum atomic E-state index is 0.222. The van der Waals surface area contributed by atoms with Gasteiger partial charge in [0.2, 0.25) is 0 Å². The summed E-state index contributed by atoms with van der Waals surface area (Å²) in [6.07, 6.45) is 5.24. The third-order valence-electron chi connectivity index (χ3n) is 6.62. The van der Waals surface area contributed by atoms with Crippen molar-refractivity contribution < 1.29 is 0 Å². The van der Waals surface area contributed by atoms with Gasteiger partial charge in [0.05, 0.1) is 0 Å². The van der Waals surface area contributed by atoms with Gasteiger partial charge in [0, 0.05) is 82.5 Å². The molecule has 0 heterocycles. The zero-order valence-electron chi connectivity index (χ0n) is 20.9. The number of hydrogen-bond acceptors (Lipinski definition) is 6. The summed E-state index contributed by atoms with van der Waals surface area (Å²) < 4.78 is 0. The van der Waals surface area contributed by atoms with E-state index in [1.54, 1.807) is 0 Å². The van der Waals surface area contributed by atoms with E-state index in [0.717, 1.165) is 51.9 Å². The van der Waals surface area contributed by atoms with Crippen LogP contribution >= 0.6 is 0 Å². The van der Waals surface area contributed by atoms with E-state index < -0.39 is 0 Å². The Kier molecular flexibility index (Phi) is 6.58. The largest absolute Gasteiger partial charge is 0.399 e. The second-order valence-corrected chi connectivity index (χ2v) is 9.39. The molecule has 0 aromatic heterocycles. The Morgan fingerprint density at radius 2 is 0.946 bits per heavy atom. The van der Waals surface area contributed by atoms with E-state index in [1.165, 1.54) is 11.4 Å². The molecule has 1 aliphatic rings. The van der Waals surface area contributed by atoms with Crippen molar-refractivity contribution in [1.82, 2.24) is 4.90 Å². The summed E-state index contributed by atoms with van der Waals surface area (Å²) in [5.41, 5.74) is 33.4. The molecule has 0 spiro atoms. The number of anilines is 8. The van der Waals surface area contributed by atoms with Gasteiger partial charge in [0.15, 0.2) is 17.1 Å². The Balaban J connectivity index is 1.59. The fraction of sp³-hybridized carbons (Fsp3) is 0.0968. The molecule has 1 unspecified atom stereocenters. The van der Waals surface area contributed by atoms with E-state index in [9.17, 15) is 0 Å². The van der Waals surface area contributed by atoms with Crippen LogP contribution in [0.5, 0.6) is 0 Å². The first kappa shape index (κ1) is 24.0. The van der Waals surface area contributed by atoms with Crippen molar-refractivity contribution in [3.63, 3.8) is 0 Å². The molecule has 0 saturated carbocycles. The van der Waals surface area contributed by atoms with Gasteiger partial charge in [0.1, 0.15) is 0 Å². The first-order valence-corrected chi connectivity index (χ1v) is 12.3. The number of benzene rings is 4. The molecule has 8 N–H and O–H groups in total. The Morgan fingerprint density at radius 1 is 0.568 bits per heavy atom. The van der Waals surface area contributed by atoms with Gasteiger partial charge >= 0.3 is 0 Å². The maximum absolute atomic E-state index is 5.99. The van der Waals surface area contributed by atoms with Crippen LogP contribution in [-0.4, -0.2) is 0 Å². The summed E-state index contributed by atoms with van der Waals surface area (Å²) in [5, 5.41) is 0. The third-order valence-corrected chi connectivity index (χ3v) is 6.62. The lowest BCUT2D eigenvalue weighted by Gasteiger charge is -2.33. The van der Waals surface area contributed by atoms with Gasteiger partial charge in [-0.15, -0.1) is 0 Å². The molecule has 5 rings (SSSR count). The van der Waals surface area contributed by atoms with Crippen LogP contribution in [0.1, 0.15) is 13.3 Å². The zero-order chi connectivity index (χ0) is 25.9. The van der Waals surface area contributed by atoms with Crippen LogP contribution in [0.2, 0.25) is 0 Å². The monoisotopic (exact) mass is 488 g/mol. The highest BCUT2D eigenvalue weighted by Gasteiger charge is 2.33. The van der Waals surface area contributed by atoms with Crippen molar-refractivity contribution in [2.24, 2.45) is 5.92 Å². The maximum Gasteiger partial charge on any atom is 0.192 e. The molecule has 0 saturated heterocycles. The van der Waals surface area contributed by atoms with E-state index in [2.05, 4.69) is 28.9 Å². The average molecular weight is 489 g/mol. The van der Waals surface area contributed by atoms with Gasteiger partial charge in [-0.1, -0.05) is 11.8 Å². The lowest BCUT2D eigenvalue weighted by atomic mass is 9.93. The molecular formula is C31H32N6+. The molecule has 1 radical (unpaired) electrons. The molecule has 6 heteroatoms. The van der Waals surface area contributed by atoms with Gasteiger partial charge in [-0.05, 0) is 78.9 Å². The van der Waals surface area contributed by atoms with Crippen LogP contribution in [0, 0.1) is 5.92 Å². The lowest BCUT2D eigenvalue weighted by Crippen LogP contribution is -2.27. The fourth-order valence-corrected chi connectivity index (χ4v) is 4.71. The normalized spacial score (nSPS) is 15.2. The van der Waals surface area contributed by atoms with Crippen molar-refractivity contribution >= 4 is 45.5 Å². The first-order chi connectivity index (χ1) is 17.9. The molecular weight excluding hydrogens is 456 g/mol. The first-order valence-electron chi connectivity index (χ1n) is 12.3. The predicted molar refractivity (Wildman–Crippen MR) is 157 cm³/mol. The Morgan fingerprint density at radius 3 is 1.32 bits per heavy atom. The number of rotatable bonds is 6. The topological polar surface area (TPSA) is 113 Å². The summed E-state index contributed by atoms with van der Waals surface area (Å²) in [5.74, 6) is 0.222. The summed E-state index contributed by atoms with van der Waals surface area (Å²) in [6, 6.07) is 31.8. The second kappa shape index (κ2) is 10.1. The highest BCUT2D eigenvalue weighted by Crippen LogP contribution is 2.41. The molecule has 6 nitrogen and oxygen atoms in total. The fourth-order valence-electron chi connectivity index (χ4n) is 4.71. The number of allylic oxidation sites excluding steroid dienone is 4.